The molecule has 1 atom stereocenters. The van der Waals surface area contributed by atoms with Gasteiger partial charge in [-0.05, 0) is 26.1 Å². The summed E-state index contributed by atoms with van der Waals surface area (Å²) < 4.78 is 31.7. The Bertz CT molecular complexity index is 1910. The van der Waals surface area contributed by atoms with Gasteiger partial charge in [-0.1, -0.05) is 0 Å². The van der Waals surface area contributed by atoms with E-state index in [1.807, 2.05) is 7.05 Å². The molecule has 0 spiro atoms. The summed E-state index contributed by atoms with van der Waals surface area (Å²) in [6, 6.07) is 2.65. The zero-order valence-electron chi connectivity index (χ0n) is 22.3. The Morgan fingerprint density at radius 1 is 1.20 bits per heavy atom. The highest BCUT2D eigenvalue weighted by molar-refractivity contribution is 6.18. The second-order valence-corrected chi connectivity index (χ2v) is 10.4. The lowest BCUT2D eigenvalue weighted by Gasteiger charge is -2.21. The van der Waals surface area contributed by atoms with E-state index in [9.17, 15) is 19.1 Å². The second-order valence-electron chi connectivity index (χ2n) is 10.4. The molecular formula is C28H27F2N7O3. The molecule has 12 heteroatoms. The number of rotatable bonds is 5. The van der Waals surface area contributed by atoms with E-state index in [1.54, 1.807) is 49.1 Å². The van der Waals surface area contributed by atoms with Gasteiger partial charge in [0.2, 0.25) is 5.43 Å². The molecule has 10 nitrogen and oxygen atoms in total. The zero-order chi connectivity index (χ0) is 28.5. The third-order valence-electron chi connectivity index (χ3n) is 7.65. The topological polar surface area (TPSA) is 119 Å². The molecule has 40 heavy (non-hydrogen) atoms. The molecule has 4 aromatic heterocycles. The molecule has 0 amide bonds. The minimum absolute atomic E-state index is 0.0367. The summed E-state index contributed by atoms with van der Waals surface area (Å²) in [6.07, 6.45) is 5.34. The number of anilines is 2. The van der Waals surface area contributed by atoms with Crippen LogP contribution in [0, 0.1) is 11.6 Å². The van der Waals surface area contributed by atoms with Crippen LogP contribution >= 0.6 is 0 Å². The van der Waals surface area contributed by atoms with Gasteiger partial charge < -0.3 is 29.8 Å². The molecule has 1 saturated heterocycles. The predicted molar refractivity (Wildman–Crippen MR) is 150 cm³/mol. The first kappa shape index (κ1) is 25.7. The van der Waals surface area contributed by atoms with Crippen LogP contribution in [-0.4, -0.2) is 76.8 Å². The molecule has 1 aliphatic rings. The number of carboxylic acid groups (broad SMARTS) is 1. The quantitative estimate of drug-likeness (QED) is 0.302. The molecule has 1 unspecified atom stereocenters. The fraction of sp³-hybridized carbons (Fsp3) is 0.286. The van der Waals surface area contributed by atoms with Crippen LogP contribution in [0.2, 0.25) is 0 Å². The van der Waals surface area contributed by atoms with Crippen LogP contribution in [0.3, 0.4) is 0 Å². The third-order valence-corrected chi connectivity index (χ3v) is 7.65. The Morgan fingerprint density at radius 2 is 1.98 bits per heavy atom. The number of H-pyrrole nitrogens is 1. The van der Waals surface area contributed by atoms with Crippen LogP contribution < -0.4 is 15.6 Å². The van der Waals surface area contributed by atoms with Gasteiger partial charge in [0, 0.05) is 69.5 Å². The fourth-order valence-corrected chi connectivity index (χ4v) is 5.77. The number of hydrogen-bond acceptors (Lipinski definition) is 7. The Labute approximate surface area is 226 Å². The van der Waals surface area contributed by atoms with Gasteiger partial charge in [0.05, 0.1) is 33.1 Å². The average molecular weight is 548 g/mol. The Hall–Kier alpha value is -4.58. The van der Waals surface area contributed by atoms with Gasteiger partial charge in [-0.3, -0.25) is 4.79 Å². The van der Waals surface area contributed by atoms with E-state index in [0.29, 0.717) is 51.2 Å². The summed E-state index contributed by atoms with van der Waals surface area (Å²) in [6.45, 7) is 1.54. The number of aromatic carboxylic acids is 1. The van der Waals surface area contributed by atoms with Crippen molar-refractivity contribution in [2.24, 2.45) is 0 Å². The number of likely N-dealkylation sites (N-methyl/N-ethyl adjacent to an activating group) is 1. The van der Waals surface area contributed by atoms with E-state index < -0.39 is 23.0 Å². The van der Waals surface area contributed by atoms with Crippen molar-refractivity contribution in [1.82, 2.24) is 24.4 Å². The van der Waals surface area contributed by atoms with E-state index in [-0.39, 0.29) is 22.4 Å². The molecular weight excluding hydrogens is 520 g/mol. The molecule has 5 heterocycles. The summed E-state index contributed by atoms with van der Waals surface area (Å²) in [5.41, 5.74) is 2.07. The standard InChI is InChI=1S/C28H27F2N7O3/c1-31-19-8-18(29)22(30)20-21-24(35(2)3)16(10-32-26(21)34-23(19)20)13-7-15-25(38)17(28(39)40)12-37(27(15)33-9-13)14-5-6-36(4)11-14/h7-10,12,14,31H,5-6,11H2,1-4H3,(H,32,34)(H,39,40). The van der Waals surface area contributed by atoms with E-state index in [1.165, 1.54) is 6.20 Å². The van der Waals surface area contributed by atoms with Gasteiger partial charge in [-0.25, -0.2) is 23.5 Å². The Kier molecular flexibility index (Phi) is 5.95. The number of fused-ring (bicyclic) bond motifs is 4. The number of likely N-dealkylation sites (tertiary alicyclic amines) is 1. The van der Waals surface area contributed by atoms with Crippen molar-refractivity contribution >= 4 is 50.3 Å². The van der Waals surface area contributed by atoms with Crippen LogP contribution in [0.15, 0.2) is 35.5 Å². The van der Waals surface area contributed by atoms with Gasteiger partial charge in [-0.2, -0.15) is 0 Å². The normalized spacial score (nSPS) is 15.9. The minimum atomic E-state index is -1.31. The Morgan fingerprint density at radius 3 is 2.62 bits per heavy atom. The summed E-state index contributed by atoms with van der Waals surface area (Å²) in [7, 11) is 7.15. The molecule has 206 valence electrons. The lowest BCUT2D eigenvalue weighted by Crippen LogP contribution is -2.23. The van der Waals surface area contributed by atoms with Crippen molar-refractivity contribution in [2.45, 2.75) is 12.5 Å². The van der Waals surface area contributed by atoms with Crippen LogP contribution in [-0.2, 0) is 0 Å². The molecule has 0 saturated carbocycles. The van der Waals surface area contributed by atoms with Crippen molar-refractivity contribution in [3.8, 4) is 11.1 Å². The Balaban J connectivity index is 1.66. The second kappa shape index (κ2) is 9.26. The molecule has 6 rings (SSSR count). The summed E-state index contributed by atoms with van der Waals surface area (Å²) in [5.74, 6) is -3.32. The number of halogens is 2. The van der Waals surface area contributed by atoms with Gasteiger partial charge in [0.25, 0.3) is 0 Å². The number of carbonyl (C=O) groups is 1. The van der Waals surface area contributed by atoms with E-state index in [4.69, 9.17) is 0 Å². The first-order valence-electron chi connectivity index (χ1n) is 12.7. The van der Waals surface area contributed by atoms with Crippen molar-refractivity contribution in [3.05, 3.63) is 58.1 Å². The summed E-state index contributed by atoms with van der Waals surface area (Å²) in [4.78, 5) is 41.5. The highest BCUT2D eigenvalue weighted by Crippen LogP contribution is 2.42. The van der Waals surface area contributed by atoms with Gasteiger partial charge in [0.15, 0.2) is 11.6 Å². The van der Waals surface area contributed by atoms with Gasteiger partial charge >= 0.3 is 5.97 Å². The van der Waals surface area contributed by atoms with Crippen LogP contribution in [0.5, 0.6) is 0 Å². The number of hydrogen-bond donors (Lipinski definition) is 3. The summed E-state index contributed by atoms with van der Waals surface area (Å²) in [5, 5.41) is 13.3. The summed E-state index contributed by atoms with van der Waals surface area (Å²) >= 11 is 0. The number of nitrogens with one attached hydrogen (secondary N) is 2. The monoisotopic (exact) mass is 547 g/mol. The van der Waals surface area contributed by atoms with Crippen molar-refractivity contribution in [1.29, 1.82) is 0 Å². The number of aromatic nitrogens is 4. The average Bonchev–Trinajstić information content (AvgIpc) is 3.53. The third kappa shape index (κ3) is 3.78. The number of pyridine rings is 3. The zero-order valence-corrected chi connectivity index (χ0v) is 22.3. The number of nitrogens with zero attached hydrogens (tertiary/aromatic N) is 5. The smallest absolute Gasteiger partial charge is 0.341 e. The molecule has 0 bridgehead atoms. The molecule has 5 aromatic rings. The van der Waals surface area contributed by atoms with E-state index in [0.717, 1.165) is 19.0 Å². The number of benzene rings is 1. The van der Waals surface area contributed by atoms with Crippen LogP contribution in [0.4, 0.5) is 20.2 Å². The molecule has 1 fully saturated rings. The van der Waals surface area contributed by atoms with Crippen LogP contribution in [0.1, 0.15) is 22.8 Å². The maximum absolute atomic E-state index is 15.3. The molecule has 1 aliphatic heterocycles. The highest BCUT2D eigenvalue weighted by Gasteiger charge is 2.27. The van der Waals surface area contributed by atoms with E-state index in [2.05, 4.69) is 25.2 Å². The van der Waals surface area contributed by atoms with Gasteiger partial charge in [0.1, 0.15) is 16.9 Å². The van der Waals surface area contributed by atoms with Crippen LogP contribution in [0.25, 0.3) is 44.1 Å². The minimum Gasteiger partial charge on any atom is -0.477 e. The van der Waals surface area contributed by atoms with Crippen molar-refractivity contribution < 1.29 is 18.7 Å². The molecule has 1 aromatic carbocycles. The lowest BCUT2D eigenvalue weighted by atomic mass is 10.0. The molecule has 0 aliphatic carbocycles. The first-order valence-corrected chi connectivity index (χ1v) is 12.7. The van der Waals surface area contributed by atoms with Gasteiger partial charge in [-0.15, -0.1) is 0 Å². The van der Waals surface area contributed by atoms with E-state index >= 15 is 4.39 Å². The SMILES string of the molecule is CNc1cc(F)c(F)c2c1[nH]c1ncc(-c3cnc4c(c3)c(=O)c(C(=O)O)cn4C3CCN(C)C3)c(N(C)C)c12. The maximum Gasteiger partial charge on any atom is 0.341 e. The highest BCUT2D eigenvalue weighted by atomic mass is 19.2. The fourth-order valence-electron chi connectivity index (χ4n) is 5.77. The lowest BCUT2D eigenvalue weighted by molar-refractivity contribution is 0.0694. The molecule has 0 radical (unpaired) electrons. The first-order chi connectivity index (χ1) is 19.1. The number of aromatic amines is 1. The van der Waals surface area contributed by atoms with Crippen molar-refractivity contribution in [3.63, 3.8) is 0 Å². The predicted octanol–water partition coefficient (Wildman–Crippen LogP) is 4.05. The van der Waals surface area contributed by atoms with Crippen molar-refractivity contribution in [2.75, 3.05) is 51.5 Å². The largest absolute Gasteiger partial charge is 0.477 e. The number of carboxylic acids is 1. The molecule has 3 N–H and O–H groups in total. The maximum atomic E-state index is 15.3.